The van der Waals surface area contributed by atoms with Gasteiger partial charge in [-0.05, 0) is 31.4 Å². The van der Waals surface area contributed by atoms with Gasteiger partial charge in [-0.2, -0.15) is 4.31 Å². The Morgan fingerprint density at radius 3 is 2.52 bits per heavy atom. The fourth-order valence-corrected chi connectivity index (χ4v) is 4.70. The van der Waals surface area contributed by atoms with Crippen LogP contribution in [0.15, 0.2) is 23.1 Å². The normalized spacial score (nSPS) is 23.2. The summed E-state index contributed by atoms with van der Waals surface area (Å²) >= 11 is 0. The van der Waals surface area contributed by atoms with Crippen molar-refractivity contribution in [2.75, 3.05) is 18.9 Å². The zero-order chi connectivity index (χ0) is 15.8. The highest BCUT2D eigenvalue weighted by molar-refractivity contribution is 7.89. The summed E-state index contributed by atoms with van der Waals surface area (Å²) in [7, 11) is -2.24. The number of nitrogens with one attached hydrogen (secondary N) is 1. The Morgan fingerprint density at radius 2 is 2.05 bits per heavy atom. The number of benzene rings is 1. The number of nitro groups is 1. The molecule has 1 N–H and O–H groups in total. The molecule has 2 rings (SSSR count). The Hall–Kier alpha value is -1.67. The van der Waals surface area contributed by atoms with Crippen molar-refractivity contribution in [2.24, 2.45) is 5.92 Å². The maximum absolute atomic E-state index is 12.8. The Kier molecular flexibility index (Phi) is 4.20. The predicted molar refractivity (Wildman–Crippen MR) is 79.8 cm³/mol. The molecule has 8 heteroatoms. The molecular weight excluding hydrogens is 294 g/mol. The summed E-state index contributed by atoms with van der Waals surface area (Å²) in [4.78, 5) is 10.2. The van der Waals surface area contributed by atoms with Crippen molar-refractivity contribution in [1.82, 2.24) is 4.31 Å². The van der Waals surface area contributed by atoms with Crippen LogP contribution in [0.4, 0.5) is 11.4 Å². The first-order valence-electron chi connectivity index (χ1n) is 6.75. The number of hydrogen-bond donors (Lipinski definition) is 1. The van der Waals surface area contributed by atoms with Crippen LogP contribution in [0.3, 0.4) is 0 Å². The lowest BCUT2D eigenvalue weighted by Crippen LogP contribution is -2.34. The number of hydrogen-bond acceptors (Lipinski definition) is 5. The van der Waals surface area contributed by atoms with Crippen LogP contribution >= 0.6 is 0 Å². The van der Waals surface area contributed by atoms with Crippen LogP contribution in [0.1, 0.15) is 20.3 Å². The van der Waals surface area contributed by atoms with Crippen LogP contribution in [0, 0.1) is 16.0 Å². The summed E-state index contributed by atoms with van der Waals surface area (Å²) < 4.78 is 26.9. The molecule has 1 saturated heterocycles. The second-order valence-corrected chi connectivity index (χ2v) is 7.31. The van der Waals surface area contributed by atoms with E-state index in [-0.39, 0.29) is 22.5 Å². The highest BCUT2D eigenvalue weighted by atomic mass is 32.2. The Bertz CT molecular complexity index is 659. The molecule has 0 amide bonds. The van der Waals surface area contributed by atoms with Crippen LogP contribution in [0.2, 0.25) is 0 Å². The first-order valence-corrected chi connectivity index (χ1v) is 8.19. The molecule has 1 heterocycles. The Labute approximate surface area is 124 Å². The van der Waals surface area contributed by atoms with Crippen LogP contribution < -0.4 is 5.32 Å². The van der Waals surface area contributed by atoms with Crippen molar-refractivity contribution in [1.29, 1.82) is 0 Å². The lowest BCUT2D eigenvalue weighted by molar-refractivity contribution is -0.387. The molecule has 0 radical (unpaired) electrons. The maximum atomic E-state index is 12.8. The lowest BCUT2D eigenvalue weighted by atomic mass is 10.1. The van der Waals surface area contributed by atoms with Gasteiger partial charge < -0.3 is 5.32 Å². The fraction of sp³-hybridized carbons (Fsp3) is 0.538. The third kappa shape index (κ3) is 2.86. The van der Waals surface area contributed by atoms with Gasteiger partial charge >= 0.3 is 0 Å². The van der Waals surface area contributed by atoms with Gasteiger partial charge in [-0.3, -0.25) is 10.1 Å². The van der Waals surface area contributed by atoms with Crippen molar-refractivity contribution in [3.05, 3.63) is 28.3 Å². The first kappa shape index (κ1) is 15.7. The van der Waals surface area contributed by atoms with E-state index < -0.39 is 14.9 Å². The minimum absolute atomic E-state index is 0.150. The minimum Gasteiger partial charge on any atom is -0.388 e. The van der Waals surface area contributed by atoms with Gasteiger partial charge in [0.2, 0.25) is 10.0 Å². The van der Waals surface area contributed by atoms with Gasteiger partial charge in [0.05, 0.1) is 4.92 Å². The van der Waals surface area contributed by atoms with Crippen molar-refractivity contribution in [3.63, 3.8) is 0 Å². The molecule has 1 aromatic carbocycles. The van der Waals surface area contributed by atoms with E-state index in [1.165, 1.54) is 22.5 Å². The molecule has 0 spiro atoms. The monoisotopic (exact) mass is 313 g/mol. The number of anilines is 1. The van der Waals surface area contributed by atoms with Gasteiger partial charge in [-0.1, -0.05) is 6.92 Å². The van der Waals surface area contributed by atoms with E-state index in [9.17, 15) is 18.5 Å². The molecule has 1 aromatic rings. The van der Waals surface area contributed by atoms with Crippen molar-refractivity contribution >= 4 is 21.4 Å². The smallest absolute Gasteiger partial charge is 0.289 e. The molecular formula is C13H19N3O4S. The summed E-state index contributed by atoms with van der Waals surface area (Å²) in [5.74, 6) is 0.251. The summed E-state index contributed by atoms with van der Waals surface area (Å²) in [5, 5.41) is 13.9. The molecule has 7 nitrogen and oxygen atoms in total. The maximum Gasteiger partial charge on any atom is 0.289 e. The van der Waals surface area contributed by atoms with E-state index in [0.29, 0.717) is 12.2 Å². The molecule has 1 fully saturated rings. The number of sulfonamides is 1. The molecule has 2 atom stereocenters. The molecule has 0 aliphatic carbocycles. The van der Waals surface area contributed by atoms with E-state index in [1.807, 2.05) is 13.8 Å². The van der Waals surface area contributed by atoms with Gasteiger partial charge in [-0.25, -0.2) is 8.42 Å². The largest absolute Gasteiger partial charge is 0.388 e. The zero-order valence-corrected chi connectivity index (χ0v) is 13.1. The van der Waals surface area contributed by atoms with Crippen LogP contribution in [0.25, 0.3) is 0 Å². The fourth-order valence-electron chi connectivity index (χ4n) is 2.75. The van der Waals surface area contributed by atoms with Gasteiger partial charge in [0.1, 0.15) is 0 Å². The van der Waals surface area contributed by atoms with E-state index in [0.717, 1.165) is 6.42 Å². The first-order chi connectivity index (χ1) is 9.77. The number of rotatable bonds is 4. The van der Waals surface area contributed by atoms with E-state index >= 15 is 0 Å². The standard InChI is InChI=1S/C13H19N3O4S/c1-9-6-10(2)15(8-9)21(19,20)13-7-11(14-3)4-5-12(13)16(17)18/h4-5,7,9-10,14H,6,8H2,1-3H3. The van der Waals surface area contributed by atoms with Gasteiger partial charge in [0.25, 0.3) is 5.69 Å². The molecule has 1 aliphatic rings. The Balaban J connectivity index is 2.55. The summed E-state index contributed by atoms with van der Waals surface area (Å²) in [6.45, 7) is 4.20. The zero-order valence-electron chi connectivity index (χ0n) is 12.2. The molecule has 21 heavy (non-hydrogen) atoms. The summed E-state index contributed by atoms with van der Waals surface area (Å²) in [5.41, 5.74) is 0.139. The Morgan fingerprint density at radius 1 is 1.38 bits per heavy atom. The molecule has 0 saturated carbocycles. The van der Waals surface area contributed by atoms with Crippen LogP contribution in [-0.2, 0) is 10.0 Å². The van der Waals surface area contributed by atoms with Gasteiger partial charge in [0, 0.05) is 31.4 Å². The molecule has 1 aliphatic heterocycles. The van der Waals surface area contributed by atoms with Crippen molar-refractivity contribution < 1.29 is 13.3 Å². The predicted octanol–water partition coefficient (Wildman–Crippen LogP) is 2.06. The SMILES string of the molecule is CNc1ccc([N+](=O)[O-])c(S(=O)(=O)N2CC(C)CC2C)c1. The van der Waals surface area contributed by atoms with E-state index in [1.54, 1.807) is 7.05 Å². The second-order valence-electron chi connectivity index (χ2n) is 5.45. The van der Waals surface area contributed by atoms with Crippen molar-refractivity contribution in [2.45, 2.75) is 31.2 Å². The summed E-state index contributed by atoms with van der Waals surface area (Å²) in [6.07, 6.45) is 0.763. The van der Waals surface area contributed by atoms with E-state index in [4.69, 9.17) is 0 Å². The highest BCUT2D eigenvalue weighted by Gasteiger charge is 2.39. The van der Waals surface area contributed by atoms with E-state index in [2.05, 4.69) is 5.32 Å². The topological polar surface area (TPSA) is 92.5 Å². The van der Waals surface area contributed by atoms with Crippen LogP contribution in [0.5, 0.6) is 0 Å². The highest BCUT2D eigenvalue weighted by Crippen LogP contribution is 2.34. The lowest BCUT2D eigenvalue weighted by Gasteiger charge is -2.21. The molecule has 0 aromatic heterocycles. The molecule has 0 bridgehead atoms. The molecule has 2 unspecified atom stereocenters. The third-order valence-corrected chi connectivity index (χ3v) is 5.77. The quantitative estimate of drug-likeness (QED) is 0.678. The minimum atomic E-state index is -3.88. The average Bonchev–Trinajstić information content (AvgIpc) is 2.77. The van der Waals surface area contributed by atoms with Crippen molar-refractivity contribution in [3.8, 4) is 0 Å². The van der Waals surface area contributed by atoms with Crippen LogP contribution in [-0.4, -0.2) is 37.3 Å². The second kappa shape index (κ2) is 5.61. The van der Waals surface area contributed by atoms with Gasteiger partial charge in [0.15, 0.2) is 4.90 Å². The molecule has 116 valence electrons. The number of nitrogens with zero attached hydrogens (tertiary/aromatic N) is 2. The third-order valence-electron chi connectivity index (χ3n) is 3.76. The van der Waals surface area contributed by atoms with Gasteiger partial charge in [-0.15, -0.1) is 0 Å². The number of nitro benzene ring substituents is 1. The summed E-state index contributed by atoms with van der Waals surface area (Å²) in [6, 6.07) is 3.89. The average molecular weight is 313 g/mol.